The highest BCUT2D eigenvalue weighted by atomic mass is 16.5. The quantitative estimate of drug-likeness (QED) is 0.689. The van der Waals surface area contributed by atoms with E-state index >= 15 is 0 Å². The predicted octanol–water partition coefficient (Wildman–Crippen LogP) is 0.459. The second-order valence-corrected chi connectivity index (χ2v) is 4.28. The minimum absolute atomic E-state index is 0.684. The maximum absolute atomic E-state index is 5.18. The first-order chi connectivity index (χ1) is 6.36. The maximum atomic E-state index is 5.18. The molecule has 0 spiro atoms. The monoisotopic (exact) mass is 184 g/mol. The summed E-state index contributed by atoms with van der Waals surface area (Å²) >= 11 is 0. The Morgan fingerprint density at radius 1 is 1.38 bits per heavy atom. The molecule has 0 amide bonds. The summed E-state index contributed by atoms with van der Waals surface area (Å²) in [5.41, 5.74) is 0. The number of nitrogens with one attached hydrogen (secondary N) is 1. The van der Waals surface area contributed by atoms with Crippen LogP contribution in [-0.2, 0) is 4.74 Å². The zero-order chi connectivity index (χ0) is 9.10. The van der Waals surface area contributed by atoms with Crippen molar-refractivity contribution < 1.29 is 4.74 Å². The smallest absolute Gasteiger partial charge is 0.0645 e. The van der Waals surface area contributed by atoms with Gasteiger partial charge in [0.15, 0.2) is 0 Å². The molecule has 0 saturated carbocycles. The largest absolute Gasteiger partial charge is 0.378 e. The van der Waals surface area contributed by atoms with Gasteiger partial charge >= 0.3 is 0 Å². The van der Waals surface area contributed by atoms with E-state index in [0.717, 1.165) is 19.3 Å². The first-order valence-electron chi connectivity index (χ1n) is 5.37. The van der Waals surface area contributed by atoms with Crippen molar-refractivity contribution in [2.24, 2.45) is 0 Å². The van der Waals surface area contributed by atoms with E-state index < -0.39 is 0 Å². The zero-order valence-electron chi connectivity index (χ0n) is 8.46. The van der Waals surface area contributed by atoms with Crippen LogP contribution in [0.15, 0.2) is 0 Å². The molecule has 2 aliphatic rings. The van der Waals surface area contributed by atoms with Crippen molar-refractivity contribution in [2.75, 3.05) is 33.4 Å². The fourth-order valence-electron chi connectivity index (χ4n) is 2.05. The summed E-state index contributed by atoms with van der Waals surface area (Å²) in [5.74, 6) is 0. The number of ether oxygens (including phenoxy) is 1. The molecule has 13 heavy (non-hydrogen) atoms. The molecule has 2 aliphatic heterocycles. The van der Waals surface area contributed by atoms with Crippen molar-refractivity contribution in [1.29, 1.82) is 0 Å². The van der Waals surface area contributed by atoms with Crippen LogP contribution in [0.5, 0.6) is 0 Å². The van der Waals surface area contributed by atoms with E-state index in [9.17, 15) is 0 Å². The summed E-state index contributed by atoms with van der Waals surface area (Å²) in [6.45, 7) is 4.26. The molecule has 3 heteroatoms. The summed E-state index contributed by atoms with van der Waals surface area (Å²) in [5, 5.41) is 3.57. The minimum Gasteiger partial charge on any atom is -0.378 e. The van der Waals surface area contributed by atoms with E-state index in [4.69, 9.17) is 4.74 Å². The number of hydrogen-bond acceptors (Lipinski definition) is 3. The molecule has 0 aliphatic carbocycles. The lowest BCUT2D eigenvalue weighted by molar-refractivity contribution is -0.0586. The topological polar surface area (TPSA) is 24.5 Å². The van der Waals surface area contributed by atoms with Crippen molar-refractivity contribution in [3.8, 4) is 0 Å². The van der Waals surface area contributed by atoms with Crippen molar-refractivity contribution in [1.82, 2.24) is 10.2 Å². The molecule has 0 aromatic rings. The van der Waals surface area contributed by atoms with Gasteiger partial charge in [0, 0.05) is 12.6 Å². The molecule has 76 valence electrons. The second kappa shape index (κ2) is 4.40. The average molecular weight is 184 g/mol. The van der Waals surface area contributed by atoms with E-state index in [-0.39, 0.29) is 0 Å². The predicted molar refractivity (Wildman–Crippen MR) is 52.9 cm³/mol. The van der Waals surface area contributed by atoms with Crippen LogP contribution in [0, 0.1) is 0 Å². The highest BCUT2D eigenvalue weighted by Gasteiger charge is 2.25. The molecular formula is C10H20N2O. The normalized spacial score (nSPS) is 30.5. The molecule has 2 saturated heterocycles. The number of piperidine rings is 1. The van der Waals surface area contributed by atoms with Crippen LogP contribution in [0.3, 0.4) is 0 Å². The van der Waals surface area contributed by atoms with Crippen LogP contribution in [0.25, 0.3) is 0 Å². The highest BCUT2D eigenvalue weighted by Crippen LogP contribution is 2.12. The molecule has 1 atom stereocenters. The van der Waals surface area contributed by atoms with E-state index in [2.05, 4.69) is 17.3 Å². The van der Waals surface area contributed by atoms with E-state index in [1.807, 2.05) is 0 Å². The Morgan fingerprint density at radius 2 is 2.23 bits per heavy atom. The molecule has 2 fully saturated rings. The lowest BCUT2D eigenvalue weighted by Crippen LogP contribution is -2.52. The summed E-state index contributed by atoms with van der Waals surface area (Å²) < 4.78 is 5.18. The van der Waals surface area contributed by atoms with Gasteiger partial charge in [-0.2, -0.15) is 0 Å². The molecule has 2 heterocycles. The molecule has 0 radical (unpaired) electrons. The van der Waals surface area contributed by atoms with E-state index in [1.165, 1.54) is 32.4 Å². The van der Waals surface area contributed by atoms with Gasteiger partial charge < -0.3 is 10.1 Å². The lowest BCUT2D eigenvalue weighted by Gasteiger charge is -2.37. The Hall–Kier alpha value is -0.120. The zero-order valence-corrected chi connectivity index (χ0v) is 8.46. The Bertz CT molecular complexity index is 153. The Morgan fingerprint density at radius 3 is 2.77 bits per heavy atom. The van der Waals surface area contributed by atoms with Crippen LogP contribution in [-0.4, -0.2) is 50.3 Å². The number of hydrogen-bond donors (Lipinski definition) is 1. The Labute approximate surface area is 80.4 Å². The minimum atomic E-state index is 0.684. The molecule has 2 rings (SSSR count). The highest BCUT2D eigenvalue weighted by molar-refractivity contribution is 4.81. The second-order valence-electron chi connectivity index (χ2n) is 4.28. The van der Waals surface area contributed by atoms with Crippen LogP contribution in [0.2, 0.25) is 0 Å². The third-order valence-electron chi connectivity index (χ3n) is 3.16. The molecule has 3 nitrogen and oxygen atoms in total. The number of likely N-dealkylation sites (N-methyl/N-ethyl adjacent to an activating group) is 1. The first kappa shape index (κ1) is 9.44. The van der Waals surface area contributed by atoms with Gasteiger partial charge in [0.2, 0.25) is 0 Å². The number of rotatable bonds is 3. The SMILES string of the molecule is CN(CC1CCCCN1)C1COC1. The van der Waals surface area contributed by atoms with Gasteiger partial charge in [-0.15, -0.1) is 0 Å². The van der Waals surface area contributed by atoms with Crippen molar-refractivity contribution in [3.63, 3.8) is 0 Å². The van der Waals surface area contributed by atoms with Crippen LogP contribution in [0.1, 0.15) is 19.3 Å². The first-order valence-corrected chi connectivity index (χ1v) is 5.37. The van der Waals surface area contributed by atoms with E-state index in [0.29, 0.717) is 6.04 Å². The summed E-state index contributed by atoms with van der Waals surface area (Å²) in [6.07, 6.45) is 4.09. The van der Waals surface area contributed by atoms with Gasteiger partial charge in [-0.3, -0.25) is 4.90 Å². The molecule has 0 aromatic heterocycles. The van der Waals surface area contributed by atoms with Gasteiger partial charge in [0.1, 0.15) is 0 Å². The summed E-state index contributed by atoms with van der Waals surface area (Å²) in [7, 11) is 2.21. The van der Waals surface area contributed by atoms with Crippen molar-refractivity contribution in [3.05, 3.63) is 0 Å². The van der Waals surface area contributed by atoms with Gasteiger partial charge in [-0.1, -0.05) is 6.42 Å². The van der Waals surface area contributed by atoms with E-state index in [1.54, 1.807) is 0 Å². The third-order valence-corrected chi connectivity index (χ3v) is 3.16. The van der Waals surface area contributed by atoms with Crippen molar-refractivity contribution in [2.45, 2.75) is 31.3 Å². The summed E-state index contributed by atoms with van der Waals surface area (Å²) in [4.78, 5) is 2.44. The third kappa shape index (κ3) is 2.42. The average Bonchev–Trinajstić information content (AvgIpc) is 2.02. The van der Waals surface area contributed by atoms with Gasteiger partial charge in [0.25, 0.3) is 0 Å². The van der Waals surface area contributed by atoms with Crippen LogP contribution < -0.4 is 5.32 Å². The standard InChI is InChI=1S/C10H20N2O/c1-12(10-7-13-8-10)6-9-4-2-3-5-11-9/h9-11H,2-8H2,1H3. The molecule has 1 N–H and O–H groups in total. The van der Waals surface area contributed by atoms with Crippen LogP contribution in [0.4, 0.5) is 0 Å². The lowest BCUT2D eigenvalue weighted by atomic mass is 10.0. The molecular weight excluding hydrogens is 164 g/mol. The molecule has 0 bridgehead atoms. The fraction of sp³-hybridized carbons (Fsp3) is 1.00. The maximum Gasteiger partial charge on any atom is 0.0645 e. The molecule has 0 aromatic carbocycles. The van der Waals surface area contributed by atoms with Gasteiger partial charge in [-0.25, -0.2) is 0 Å². The fourth-order valence-corrected chi connectivity index (χ4v) is 2.05. The van der Waals surface area contributed by atoms with Gasteiger partial charge in [0.05, 0.1) is 19.3 Å². The summed E-state index contributed by atoms with van der Waals surface area (Å²) in [6, 6.07) is 1.41. The Balaban J connectivity index is 1.69. The van der Waals surface area contributed by atoms with Crippen molar-refractivity contribution >= 4 is 0 Å². The number of nitrogens with zero attached hydrogens (tertiary/aromatic N) is 1. The van der Waals surface area contributed by atoms with Gasteiger partial charge in [-0.05, 0) is 26.4 Å². The van der Waals surface area contributed by atoms with Crippen LogP contribution >= 0.6 is 0 Å². The Kier molecular flexibility index (Phi) is 3.19. The molecule has 1 unspecified atom stereocenters.